The molecule has 2 aromatic rings. The molecule has 0 aliphatic rings. The SMILES string of the molecule is O=C(Cc1nn[nH]n1)Nc1ccc(C(F)(F)F)cn1. The lowest BCUT2D eigenvalue weighted by atomic mass is 10.3. The maximum absolute atomic E-state index is 12.3. The minimum absolute atomic E-state index is 0.0153. The number of alkyl halides is 3. The van der Waals surface area contributed by atoms with Crippen molar-refractivity contribution in [3.05, 3.63) is 29.7 Å². The number of H-pyrrole nitrogens is 1. The largest absolute Gasteiger partial charge is 0.417 e. The number of carbonyl (C=O) groups is 1. The summed E-state index contributed by atoms with van der Waals surface area (Å²) in [4.78, 5) is 15.0. The number of aromatic nitrogens is 5. The molecule has 2 N–H and O–H groups in total. The van der Waals surface area contributed by atoms with Crippen LogP contribution < -0.4 is 5.32 Å². The Balaban J connectivity index is 1.98. The predicted octanol–water partition coefficient (Wildman–Crippen LogP) is 0.795. The number of tetrazole rings is 1. The highest BCUT2D eigenvalue weighted by Crippen LogP contribution is 2.28. The molecule has 0 saturated carbocycles. The predicted molar refractivity (Wildman–Crippen MR) is 55.8 cm³/mol. The topological polar surface area (TPSA) is 96.5 Å². The highest BCUT2D eigenvalue weighted by molar-refractivity contribution is 5.90. The molecular weight excluding hydrogens is 265 g/mol. The zero-order chi connectivity index (χ0) is 13.9. The fourth-order valence-corrected chi connectivity index (χ4v) is 1.22. The first kappa shape index (κ1) is 12.9. The van der Waals surface area contributed by atoms with Crippen molar-refractivity contribution < 1.29 is 18.0 Å². The molecule has 0 saturated heterocycles. The fraction of sp³-hybridized carbons (Fsp3) is 0.222. The Morgan fingerprint density at radius 3 is 2.68 bits per heavy atom. The van der Waals surface area contributed by atoms with Crippen LogP contribution in [0.3, 0.4) is 0 Å². The molecule has 0 unspecified atom stereocenters. The first-order chi connectivity index (χ1) is 8.95. The van der Waals surface area contributed by atoms with E-state index < -0.39 is 17.6 Å². The van der Waals surface area contributed by atoms with Crippen LogP contribution in [0, 0.1) is 0 Å². The molecule has 1 amide bonds. The average molecular weight is 272 g/mol. The molecule has 0 spiro atoms. The van der Waals surface area contributed by atoms with E-state index in [0.29, 0.717) is 6.20 Å². The van der Waals surface area contributed by atoms with Crippen LogP contribution in [0.1, 0.15) is 11.4 Å². The molecule has 0 aliphatic heterocycles. The van der Waals surface area contributed by atoms with E-state index in [4.69, 9.17) is 0 Å². The summed E-state index contributed by atoms with van der Waals surface area (Å²) >= 11 is 0. The zero-order valence-corrected chi connectivity index (χ0v) is 9.27. The summed E-state index contributed by atoms with van der Waals surface area (Å²) < 4.78 is 36.8. The molecule has 19 heavy (non-hydrogen) atoms. The Labute approximate surface area is 104 Å². The molecule has 2 rings (SSSR count). The summed E-state index contributed by atoms with van der Waals surface area (Å²) in [5.41, 5.74) is -0.885. The maximum atomic E-state index is 12.3. The Hall–Kier alpha value is -2.52. The van der Waals surface area contributed by atoms with Crippen molar-refractivity contribution in [2.24, 2.45) is 0 Å². The summed E-state index contributed by atoms with van der Waals surface area (Å²) in [6.07, 6.45) is -3.97. The number of amides is 1. The van der Waals surface area contributed by atoms with Crippen molar-refractivity contribution in [1.29, 1.82) is 0 Å². The number of nitrogens with zero attached hydrogens (tertiary/aromatic N) is 4. The van der Waals surface area contributed by atoms with Gasteiger partial charge in [0.1, 0.15) is 5.82 Å². The minimum Gasteiger partial charge on any atom is -0.310 e. The van der Waals surface area contributed by atoms with Crippen molar-refractivity contribution in [1.82, 2.24) is 25.6 Å². The second-order valence-electron chi connectivity index (χ2n) is 3.48. The summed E-state index contributed by atoms with van der Waals surface area (Å²) in [6.45, 7) is 0. The number of aromatic amines is 1. The number of rotatable bonds is 3. The maximum Gasteiger partial charge on any atom is 0.417 e. The van der Waals surface area contributed by atoms with Crippen molar-refractivity contribution in [2.75, 3.05) is 5.32 Å². The van der Waals surface area contributed by atoms with E-state index in [1.54, 1.807) is 0 Å². The van der Waals surface area contributed by atoms with Gasteiger partial charge < -0.3 is 5.32 Å². The van der Waals surface area contributed by atoms with Gasteiger partial charge in [-0.1, -0.05) is 5.21 Å². The van der Waals surface area contributed by atoms with Crippen LogP contribution in [-0.2, 0) is 17.4 Å². The van der Waals surface area contributed by atoms with Gasteiger partial charge in [-0.15, -0.1) is 10.2 Å². The molecule has 10 heteroatoms. The monoisotopic (exact) mass is 272 g/mol. The molecule has 2 aromatic heterocycles. The van der Waals surface area contributed by atoms with Crippen LogP contribution in [-0.4, -0.2) is 31.5 Å². The molecule has 0 atom stereocenters. The van der Waals surface area contributed by atoms with Gasteiger partial charge in [-0.3, -0.25) is 4.79 Å². The van der Waals surface area contributed by atoms with Gasteiger partial charge >= 0.3 is 6.18 Å². The number of hydrogen-bond acceptors (Lipinski definition) is 5. The van der Waals surface area contributed by atoms with E-state index in [-0.39, 0.29) is 18.1 Å². The van der Waals surface area contributed by atoms with Crippen LogP contribution >= 0.6 is 0 Å². The summed E-state index contributed by atoms with van der Waals surface area (Å²) in [5.74, 6) is -0.320. The number of carbonyl (C=O) groups excluding carboxylic acids is 1. The number of hydrogen-bond donors (Lipinski definition) is 2. The second kappa shape index (κ2) is 5.00. The van der Waals surface area contributed by atoms with Crippen molar-refractivity contribution >= 4 is 11.7 Å². The summed E-state index contributed by atoms with van der Waals surface area (Å²) in [7, 11) is 0. The minimum atomic E-state index is -4.46. The van der Waals surface area contributed by atoms with E-state index in [1.807, 2.05) is 0 Å². The van der Waals surface area contributed by atoms with Gasteiger partial charge in [0.15, 0.2) is 5.82 Å². The summed E-state index contributed by atoms with van der Waals surface area (Å²) in [6, 6.07) is 1.90. The Bertz CT molecular complexity index is 550. The van der Waals surface area contributed by atoms with Gasteiger partial charge in [0, 0.05) is 6.20 Å². The lowest BCUT2D eigenvalue weighted by molar-refractivity contribution is -0.137. The second-order valence-corrected chi connectivity index (χ2v) is 3.48. The zero-order valence-electron chi connectivity index (χ0n) is 9.27. The number of anilines is 1. The van der Waals surface area contributed by atoms with Crippen molar-refractivity contribution in [3.63, 3.8) is 0 Å². The summed E-state index contributed by atoms with van der Waals surface area (Å²) in [5, 5.41) is 14.9. The van der Waals surface area contributed by atoms with E-state index >= 15 is 0 Å². The molecule has 0 aliphatic carbocycles. The Morgan fingerprint density at radius 1 is 1.37 bits per heavy atom. The molecular formula is C9H7F3N6O. The van der Waals surface area contributed by atoms with Crippen molar-refractivity contribution in [2.45, 2.75) is 12.6 Å². The van der Waals surface area contributed by atoms with Crippen LogP contribution in [0.5, 0.6) is 0 Å². The van der Waals surface area contributed by atoms with Crippen LogP contribution in [0.4, 0.5) is 19.0 Å². The Morgan fingerprint density at radius 2 is 2.16 bits per heavy atom. The van der Waals surface area contributed by atoms with Gasteiger partial charge in [-0.05, 0) is 12.1 Å². The Kier molecular flexibility index (Phi) is 3.40. The molecule has 100 valence electrons. The van der Waals surface area contributed by atoms with Gasteiger partial charge in [-0.2, -0.15) is 18.4 Å². The van der Waals surface area contributed by atoms with Crippen molar-refractivity contribution in [3.8, 4) is 0 Å². The van der Waals surface area contributed by atoms with E-state index in [0.717, 1.165) is 12.1 Å². The highest BCUT2D eigenvalue weighted by atomic mass is 19.4. The van der Waals surface area contributed by atoms with Crippen LogP contribution in [0.2, 0.25) is 0 Å². The quantitative estimate of drug-likeness (QED) is 0.861. The number of halogens is 3. The smallest absolute Gasteiger partial charge is 0.310 e. The molecule has 0 radical (unpaired) electrons. The lowest BCUT2D eigenvalue weighted by Crippen LogP contribution is -2.16. The lowest BCUT2D eigenvalue weighted by Gasteiger charge is -2.07. The highest BCUT2D eigenvalue weighted by Gasteiger charge is 2.30. The van der Waals surface area contributed by atoms with Crippen LogP contribution in [0.15, 0.2) is 18.3 Å². The number of nitrogens with one attached hydrogen (secondary N) is 2. The van der Waals surface area contributed by atoms with Gasteiger partial charge in [0.2, 0.25) is 5.91 Å². The number of pyridine rings is 1. The first-order valence-electron chi connectivity index (χ1n) is 5.00. The van der Waals surface area contributed by atoms with Crippen LogP contribution in [0.25, 0.3) is 0 Å². The molecule has 2 heterocycles. The van der Waals surface area contributed by atoms with Gasteiger partial charge in [-0.25, -0.2) is 4.98 Å². The van der Waals surface area contributed by atoms with E-state index in [9.17, 15) is 18.0 Å². The van der Waals surface area contributed by atoms with E-state index in [1.165, 1.54) is 0 Å². The fourth-order valence-electron chi connectivity index (χ4n) is 1.22. The van der Waals surface area contributed by atoms with Gasteiger partial charge in [0.25, 0.3) is 0 Å². The normalized spacial score (nSPS) is 11.3. The molecule has 0 fully saturated rings. The third-order valence-corrected chi connectivity index (χ3v) is 2.07. The standard InChI is InChI=1S/C9H7F3N6O/c10-9(11,12)5-1-2-6(13-4-5)14-8(19)3-7-15-17-18-16-7/h1-2,4H,3H2,(H,13,14,19)(H,15,16,17,18). The third-order valence-electron chi connectivity index (χ3n) is 2.07. The molecule has 0 bridgehead atoms. The van der Waals surface area contributed by atoms with Gasteiger partial charge in [0.05, 0.1) is 12.0 Å². The molecule has 0 aromatic carbocycles. The first-order valence-corrected chi connectivity index (χ1v) is 5.00. The third kappa shape index (κ3) is 3.47. The van der Waals surface area contributed by atoms with E-state index in [2.05, 4.69) is 30.9 Å². The average Bonchev–Trinajstić information content (AvgIpc) is 2.81. The molecule has 7 nitrogen and oxygen atoms in total.